The van der Waals surface area contributed by atoms with Crippen LogP contribution in [0.4, 0.5) is 0 Å². The Kier molecular flexibility index (Phi) is 4.55. The molecular formula is C21H21N3O3S2. The highest BCUT2D eigenvalue weighted by molar-refractivity contribution is 7.91. The number of rotatable bonds is 3. The number of hydrogen-bond acceptors (Lipinski definition) is 5. The third-order valence-corrected chi connectivity index (χ3v) is 8.34. The molecule has 0 unspecified atom stereocenters. The molecule has 1 fully saturated rings. The van der Waals surface area contributed by atoms with Crippen molar-refractivity contribution in [1.82, 2.24) is 14.7 Å². The van der Waals surface area contributed by atoms with Crippen molar-refractivity contribution in [2.24, 2.45) is 0 Å². The minimum Gasteiger partial charge on any atom is -0.333 e. The molecule has 1 saturated heterocycles. The van der Waals surface area contributed by atoms with Gasteiger partial charge in [-0.15, -0.1) is 11.3 Å². The van der Waals surface area contributed by atoms with Gasteiger partial charge in [-0.3, -0.25) is 9.48 Å². The molecule has 0 bridgehead atoms. The number of carbonyl (C=O) groups excluding carboxylic acids is 1. The predicted octanol–water partition coefficient (Wildman–Crippen LogP) is 3.17. The van der Waals surface area contributed by atoms with Crippen molar-refractivity contribution in [2.45, 2.75) is 25.4 Å². The Labute approximate surface area is 173 Å². The summed E-state index contributed by atoms with van der Waals surface area (Å²) in [4.78, 5) is 16.0. The first-order valence-electron chi connectivity index (χ1n) is 9.70. The van der Waals surface area contributed by atoms with Crippen LogP contribution in [0.3, 0.4) is 0 Å². The maximum Gasteiger partial charge on any atom is 0.274 e. The lowest BCUT2D eigenvalue weighted by Crippen LogP contribution is -2.36. The van der Waals surface area contributed by atoms with Gasteiger partial charge in [0.2, 0.25) is 0 Å². The van der Waals surface area contributed by atoms with Crippen LogP contribution in [0.1, 0.15) is 34.1 Å². The van der Waals surface area contributed by atoms with Crippen LogP contribution in [-0.2, 0) is 22.8 Å². The molecule has 2 aliphatic heterocycles. The molecule has 6 nitrogen and oxygen atoms in total. The number of thiophene rings is 1. The first-order chi connectivity index (χ1) is 14.0. The van der Waals surface area contributed by atoms with Gasteiger partial charge < -0.3 is 4.90 Å². The van der Waals surface area contributed by atoms with Crippen molar-refractivity contribution in [3.8, 4) is 10.6 Å². The number of amides is 1. The maximum atomic E-state index is 13.2. The van der Waals surface area contributed by atoms with E-state index in [2.05, 4.69) is 17.2 Å². The fraction of sp³-hybridized carbons (Fsp3) is 0.333. The molecule has 1 aromatic carbocycles. The largest absolute Gasteiger partial charge is 0.333 e. The van der Waals surface area contributed by atoms with Gasteiger partial charge in [-0.2, -0.15) is 5.10 Å². The monoisotopic (exact) mass is 427 g/mol. The van der Waals surface area contributed by atoms with Crippen molar-refractivity contribution in [1.29, 1.82) is 0 Å². The van der Waals surface area contributed by atoms with Gasteiger partial charge in [0.1, 0.15) is 0 Å². The van der Waals surface area contributed by atoms with Gasteiger partial charge in [0, 0.05) is 13.1 Å². The van der Waals surface area contributed by atoms with E-state index in [-0.39, 0.29) is 23.5 Å². The molecule has 0 radical (unpaired) electrons. The summed E-state index contributed by atoms with van der Waals surface area (Å²) in [5.74, 6) is 0.155. The SMILES string of the molecule is O=C(c1cc(-c2cccs2)n([C@@H]2CCS(=O)(=O)C2)n1)N1CCc2ccccc2C1. The molecule has 2 aromatic heterocycles. The molecule has 1 atom stereocenters. The van der Waals surface area contributed by atoms with Crippen molar-refractivity contribution in [3.63, 3.8) is 0 Å². The molecule has 2 aliphatic rings. The van der Waals surface area contributed by atoms with Crippen LogP contribution < -0.4 is 0 Å². The molecule has 0 aliphatic carbocycles. The summed E-state index contributed by atoms with van der Waals surface area (Å²) >= 11 is 1.57. The molecule has 0 N–H and O–H groups in total. The zero-order chi connectivity index (χ0) is 20.0. The van der Waals surface area contributed by atoms with E-state index in [1.54, 1.807) is 16.0 Å². The van der Waals surface area contributed by atoms with Gasteiger partial charge in [-0.1, -0.05) is 30.3 Å². The Morgan fingerprint density at radius 1 is 1.14 bits per heavy atom. The van der Waals surface area contributed by atoms with Crippen LogP contribution in [0.5, 0.6) is 0 Å². The van der Waals surface area contributed by atoms with Crippen LogP contribution in [0.2, 0.25) is 0 Å². The first-order valence-corrected chi connectivity index (χ1v) is 12.4. The fourth-order valence-corrected chi connectivity index (χ4v) is 6.61. The standard InChI is InChI=1S/C21H21N3O3S2/c25-21(23-9-7-15-4-1-2-5-16(15)13-23)18-12-19(20-6-3-10-28-20)24(22-18)17-8-11-29(26,27)14-17/h1-6,10,12,17H,7-9,11,13-14H2/t17-/m1/s1. The number of hydrogen-bond donors (Lipinski definition) is 0. The average molecular weight is 428 g/mol. The Morgan fingerprint density at radius 2 is 1.97 bits per heavy atom. The van der Waals surface area contributed by atoms with Crippen LogP contribution in [-0.4, -0.2) is 47.1 Å². The molecule has 8 heteroatoms. The number of carbonyl (C=O) groups is 1. The third-order valence-electron chi connectivity index (χ3n) is 5.70. The highest BCUT2D eigenvalue weighted by Crippen LogP contribution is 2.33. The van der Waals surface area contributed by atoms with E-state index in [4.69, 9.17) is 0 Å². The number of aromatic nitrogens is 2. The second kappa shape index (κ2) is 7.11. The van der Waals surface area contributed by atoms with Crippen LogP contribution in [0.15, 0.2) is 47.8 Å². The molecule has 29 heavy (non-hydrogen) atoms. The summed E-state index contributed by atoms with van der Waals surface area (Å²) in [5.41, 5.74) is 3.67. The van der Waals surface area contributed by atoms with Gasteiger partial charge in [0.15, 0.2) is 15.5 Å². The van der Waals surface area contributed by atoms with Crippen molar-refractivity contribution in [2.75, 3.05) is 18.1 Å². The van der Waals surface area contributed by atoms with Crippen molar-refractivity contribution >= 4 is 27.1 Å². The summed E-state index contributed by atoms with van der Waals surface area (Å²) in [6.07, 6.45) is 1.37. The Balaban J connectivity index is 1.48. The Bertz CT molecular complexity index is 1170. The first kappa shape index (κ1) is 18.6. The number of benzene rings is 1. The van der Waals surface area contributed by atoms with Gasteiger partial charge in [0.25, 0.3) is 5.91 Å². The molecule has 1 amide bonds. The maximum absolute atomic E-state index is 13.2. The molecule has 5 rings (SSSR count). The quantitative estimate of drug-likeness (QED) is 0.644. The molecule has 4 heterocycles. The van der Waals surface area contributed by atoms with Crippen molar-refractivity contribution < 1.29 is 13.2 Å². The van der Waals surface area contributed by atoms with Crippen LogP contribution in [0, 0.1) is 0 Å². The van der Waals surface area contributed by atoms with E-state index in [9.17, 15) is 13.2 Å². The smallest absolute Gasteiger partial charge is 0.274 e. The van der Waals surface area contributed by atoms with Crippen molar-refractivity contribution in [3.05, 3.63) is 64.7 Å². The Hall–Kier alpha value is -2.45. The summed E-state index contributed by atoms with van der Waals surface area (Å²) in [7, 11) is -3.05. The van der Waals surface area contributed by atoms with E-state index in [1.165, 1.54) is 11.1 Å². The topological polar surface area (TPSA) is 72.3 Å². The Morgan fingerprint density at radius 3 is 2.69 bits per heavy atom. The van der Waals surface area contributed by atoms with Gasteiger partial charge in [-0.25, -0.2) is 8.42 Å². The molecular weight excluding hydrogens is 406 g/mol. The third kappa shape index (κ3) is 3.51. The average Bonchev–Trinajstić information content (AvgIpc) is 3.46. The van der Waals surface area contributed by atoms with E-state index >= 15 is 0 Å². The molecule has 3 aromatic rings. The number of sulfone groups is 1. The van der Waals surface area contributed by atoms with Gasteiger partial charge in [-0.05, 0) is 41.5 Å². The molecule has 0 saturated carbocycles. The van der Waals surface area contributed by atoms with Gasteiger partial charge in [0.05, 0.1) is 28.1 Å². The van der Waals surface area contributed by atoms with E-state index in [1.807, 2.05) is 40.6 Å². The van der Waals surface area contributed by atoms with Crippen LogP contribution >= 0.6 is 11.3 Å². The lowest BCUT2D eigenvalue weighted by atomic mass is 10.00. The fourth-order valence-electron chi connectivity index (χ4n) is 4.18. The zero-order valence-corrected chi connectivity index (χ0v) is 17.5. The predicted molar refractivity (Wildman–Crippen MR) is 113 cm³/mol. The van der Waals surface area contributed by atoms with Crippen LogP contribution in [0.25, 0.3) is 10.6 Å². The summed E-state index contributed by atoms with van der Waals surface area (Å²) < 4.78 is 25.8. The van der Waals surface area contributed by atoms with E-state index < -0.39 is 9.84 Å². The minimum atomic E-state index is -3.05. The summed E-state index contributed by atoms with van der Waals surface area (Å²) in [6, 6.07) is 13.7. The molecule has 150 valence electrons. The van der Waals surface area contributed by atoms with Gasteiger partial charge >= 0.3 is 0 Å². The summed E-state index contributed by atoms with van der Waals surface area (Å²) in [6.45, 7) is 1.24. The van der Waals surface area contributed by atoms with E-state index in [0.29, 0.717) is 25.2 Å². The highest BCUT2D eigenvalue weighted by Gasteiger charge is 2.33. The molecule has 0 spiro atoms. The summed E-state index contributed by atoms with van der Waals surface area (Å²) in [5, 5.41) is 6.59. The normalized spacial score (nSPS) is 20.6. The second-order valence-corrected chi connectivity index (χ2v) is 10.8. The minimum absolute atomic E-state index is 0.0811. The second-order valence-electron chi connectivity index (χ2n) is 7.64. The highest BCUT2D eigenvalue weighted by atomic mass is 32.2. The number of fused-ring (bicyclic) bond motifs is 1. The lowest BCUT2D eigenvalue weighted by Gasteiger charge is -2.28. The zero-order valence-electron chi connectivity index (χ0n) is 15.8. The lowest BCUT2D eigenvalue weighted by molar-refractivity contribution is 0.0727. The van der Waals surface area contributed by atoms with E-state index in [0.717, 1.165) is 17.0 Å². The number of nitrogens with zero attached hydrogens (tertiary/aromatic N) is 3.